The average Bonchev–Trinajstić information content (AvgIpc) is 2.90. The monoisotopic (exact) mass is 246 g/mol. The van der Waals surface area contributed by atoms with E-state index in [1.165, 1.54) is 0 Å². The largest absolute Gasteiger partial charge is 0.338 e. The van der Waals surface area contributed by atoms with Crippen LogP contribution in [0.3, 0.4) is 0 Å². The zero-order chi connectivity index (χ0) is 12.8. The maximum absolute atomic E-state index is 11.5. The summed E-state index contributed by atoms with van der Waals surface area (Å²) in [6, 6.07) is 7.04. The van der Waals surface area contributed by atoms with Crippen LogP contribution in [-0.4, -0.2) is 33.2 Å². The van der Waals surface area contributed by atoms with Gasteiger partial charge in [0.2, 0.25) is 5.82 Å². The molecule has 1 heterocycles. The number of nitrogens with zero attached hydrogens (tertiary/aromatic N) is 3. The number of rotatable bonds is 4. The van der Waals surface area contributed by atoms with E-state index in [1.54, 1.807) is 12.1 Å². The molecule has 0 unspecified atom stereocenters. The third-order valence-electron chi connectivity index (χ3n) is 2.26. The zero-order valence-corrected chi connectivity index (χ0v) is 9.97. The molecule has 1 aromatic carbocycles. The van der Waals surface area contributed by atoms with Crippen molar-refractivity contribution < 1.29 is 4.79 Å². The van der Waals surface area contributed by atoms with Crippen molar-refractivity contribution in [2.45, 2.75) is 13.3 Å². The minimum absolute atomic E-state index is 0.220. The first-order valence-corrected chi connectivity index (χ1v) is 5.68. The van der Waals surface area contributed by atoms with E-state index in [-0.39, 0.29) is 6.03 Å². The summed E-state index contributed by atoms with van der Waals surface area (Å²) in [5.41, 5.74) is 1.47. The highest BCUT2D eigenvalue weighted by molar-refractivity contribution is 5.89. The number of hydrogen-bond acceptors (Lipinski definition) is 4. The molecule has 0 aliphatic heterocycles. The van der Waals surface area contributed by atoms with Crippen LogP contribution in [0.5, 0.6) is 0 Å². The SMILES string of the molecule is CCCNC(=O)Nc1cccc(-c2nn[nH]n2)c1. The molecular formula is C11H14N6O. The lowest BCUT2D eigenvalue weighted by molar-refractivity contribution is 0.252. The minimum atomic E-state index is -0.220. The summed E-state index contributed by atoms with van der Waals surface area (Å²) in [6.07, 6.45) is 0.899. The van der Waals surface area contributed by atoms with E-state index in [1.807, 2.05) is 19.1 Å². The molecule has 1 aromatic heterocycles. The van der Waals surface area contributed by atoms with E-state index in [0.717, 1.165) is 12.0 Å². The molecule has 0 saturated heterocycles. The molecule has 7 heteroatoms. The third kappa shape index (κ3) is 3.03. The fourth-order valence-corrected chi connectivity index (χ4v) is 1.43. The summed E-state index contributed by atoms with van der Waals surface area (Å²) in [4.78, 5) is 11.5. The molecule has 0 spiro atoms. The van der Waals surface area contributed by atoms with Crippen LogP contribution in [0.15, 0.2) is 24.3 Å². The van der Waals surface area contributed by atoms with Crippen molar-refractivity contribution in [1.29, 1.82) is 0 Å². The van der Waals surface area contributed by atoms with Crippen molar-refractivity contribution >= 4 is 11.7 Å². The van der Waals surface area contributed by atoms with Crippen LogP contribution in [0, 0.1) is 0 Å². The van der Waals surface area contributed by atoms with E-state index >= 15 is 0 Å². The Morgan fingerprint density at radius 3 is 3.06 bits per heavy atom. The van der Waals surface area contributed by atoms with E-state index in [0.29, 0.717) is 18.1 Å². The number of anilines is 1. The molecule has 18 heavy (non-hydrogen) atoms. The van der Waals surface area contributed by atoms with Gasteiger partial charge in [0.05, 0.1) is 0 Å². The predicted octanol–water partition coefficient (Wildman–Crippen LogP) is 1.40. The third-order valence-corrected chi connectivity index (χ3v) is 2.26. The number of urea groups is 1. The highest BCUT2D eigenvalue weighted by atomic mass is 16.2. The van der Waals surface area contributed by atoms with Crippen LogP contribution >= 0.6 is 0 Å². The van der Waals surface area contributed by atoms with Gasteiger partial charge < -0.3 is 10.6 Å². The van der Waals surface area contributed by atoms with Crippen LogP contribution < -0.4 is 10.6 Å². The Morgan fingerprint density at radius 2 is 2.33 bits per heavy atom. The fourth-order valence-electron chi connectivity index (χ4n) is 1.43. The van der Waals surface area contributed by atoms with Crippen LogP contribution in [0.1, 0.15) is 13.3 Å². The Morgan fingerprint density at radius 1 is 1.44 bits per heavy atom. The van der Waals surface area contributed by atoms with Crippen molar-refractivity contribution in [1.82, 2.24) is 25.9 Å². The second-order valence-electron chi connectivity index (χ2n) is 3.70. The zero-order valence-electron chi connectivity index (χ0n) is 9.97. The lowest BCUT2D eigenvalue weighted by Gasteiger charge is -2.07. The average molecular weight is 246 g/mol. The van der Waals surface area contributed by atoms with Gasteiger partial charge in [-0.2, -0.15) is 5.21 Å². The number of aromatic nitrogens is 4. The molecule has 94 valence electrons. The van der Waals surface area contributed by atoms with Gasteiger partial charge in [0.15, 0.2) is 0 Å². The Kier molecular flexibility index (Phi) is 3.85. The molecule has 0 fully saturated rings. The molecule has 0 aliphatic rings. The van der Waals surface area contributed by atoms with E-state index in [4.69, 9.17) is 0 Å². The Hall–Kier alpha value is -2.44. The number of amides is 2. The molecule has 0 saturated carbocycles. The Labute approximate surface area is 104 Å². The first-order valence-electron chi connectivity index (χ1n) is 5.68. The maximum atomic E-state index is 11.5. The molecule has 0 aliphatic carbocycles. The van der Waals surface area contributed by atoms with Crippen LogP contribution in [0.25, 0.3) is 11.4 Å². The molecular weight excluding hydrogens is 232 g/mol. The lowest BCUT2D eigenvalue weighted by Crippen LogP contribution is -2.29. The van der Waals surface area contributed by atoms with Crippen molar-refractivity contribution in [3.8, 4) is 11.4 Å². The molecule has 2 aromatic rings. The van der Waals surface area contributed by atoms with Gasteiger partial charge in [-0.05, 0) is 23.8 Å². The lowest BCUT2D eigenvalue weighted by atomic mass is 10.2. The quantitative estimate of drug-likeness (QED) is 0.759. The van der Waals surface area contributed by atoms with Crippen molar-refractivity contribution in [2.75, 3.05) is 11.9 Å². The van der Waals surface area contributed by atoms with Crippen LogP contribution in [0.4, 0.5) is 10.5 Å². The number of carbonyl (C=O) groups is 1. The van der Waals surface area contributed by atoms with E-state index in [9.17, 15) is 4.79 Å². The predicted molar refractivity (Wildman–Crippen MR) is 66.9 cm³/mol. The number of tetrazole rings is 1. The first kappa shape index (κ1) is 12.0. The second kappa shape index (κ2) is 5.76. The molecule has 7 nitrogen and oxygen atoms in total. The van der Waals surface area contributed by atoms with E-state index in [2.05, 4.69) is 31.3 Å². The number of H-pyrrole nitrogens is 1. The highest BCUT2D eigenvalue weighted by Gasteiger charge is 2.05. The summed E-state index contributed by atoms with van der Waals surface area (Å²) in [5.74, 6) is 0.493. The molecule has 0 atom stereocenters. The van der Waals surface area contributed by atoms with Crippen LogP contribution in [-0.2, 0) is 0 Å². The van der Waals surface area contributed by atoms with Crippen molar-refractivity contribution in [3.63, 3.8) is 0 Å². The standard InChI is InChI=1S/C11H14N6O/c1-2-6-12-11(18)13-9-5-3-4-8(7-9)10-14-16-17-15-10/h3-5,7H,2,6H2,1H3,(H2,12,13,18)(H,14,15,16,17). The smallest absolute Gasteiger partial charge is 0.319 e. The maximum Gasteiger partial charge on any atom is 0.319 e. The summed E-state index contributed by atoms with van der Waals surface area (Å²) in [6.45, 7) is 2.65. The fraction of sp³-hybridized carbons (Fsp3) is 0.273. The van der Waals surface area contributed by atoms with Crippen molar-refractivity contribution in [2.24, 2.45) is 0 Å². The van der Waals surface area contributed by atoms with Gasteiger partial charge in [-0.3, -0.25) is 0 Å². The summed E-state index contributed by atoms with van der Waals surface area (Å²) < 4.78 is 0. The van der Waals surface area contributed by atoms with Crippen molar-refractivity contribution in [3.05, 3.63) is 24.3 Å². The number of hydrogen-bond donors (Lipinski definition) is 3. The number of aromatic amines is 1. The number of carbonyl (C=O) groups excluding carboxylic acids is 1. The highest BCUT2D eigenvalue weighted by Crippen LogP contribution is 2.17. The Balaban J connectivity index is 2.06. The van der Waals surface area contributed by atoms with Crippen LogP contribution in [0.2, 0.25) is 0 Å². The first-order chi connectivity index (χ1) is 8.79. The second-order valence-corrected chi connectivity index (χ2v) is 3.70. The van der Waals surface area contributed by atoms with Gasteiger partial charge in [-0.1, -0.05) is 19.1 Å². The van der Waals surface area contributed by atoms with Gasteiger partial charge in [-0.15, -0.1) is 10.2 Å². The summed E-state index contributed by atoms with van der Waals surface area (Å²) in [7, 11) is 0. The molecule has 3 N–H and O–H groups in total. The molecule has 2 rings (SSSR count). The van der Waals surface area contributed by atoms with Gasteiger partial charge in [0.1, 0.15) is 0 Å². The number of benzene rings is 1. The van der Waals surface area contributed by atoms with Gasteiger partial charge >= 0.3 is 6.03 Å². The van der Waals surface area contributed by atoms with E-state index < -0.39 is 0 Å². The number of nitrogens with one attached hydrogen (secondary N) is 3. The molecule has 0 radical (unpaired) electrons. The normalized spacial score (nSPS) is 10.1. The van der Waals surface area contributed by atoms with Gasteiger partial charge in [-0.25, -0.2) is 4.79 Å². The Bertz CT molecular complexity index is 510. The minimum Gasteiger partial charge on any atom is -0.338 e. The molecule has 2 amide bonds. The summed E-state index contributed by atoms with van der Waals surface area (Å²) >= 11 is 0. The van der Waals surface area contributed by atoms with Gasteiger partial charge in [0, 0.05) is 17.8 Å². The summed E-state index contributed by atoms with van der Waals surface area (Å²) in [5, 5.41) is 19.1. The van der Waals surface area contributed by atoms with Gasteiger partial charge in [0.25, 0.3) is 0 Å². The topological polar surface area (TPSA) is 95.6 Å². The molecule has 0 bridgehead atoms.